The number of aromatic amines is 1. The van der Waals surface area contributed by atoms with Crippen LogP contribution in [0, 0.1) is 0 Å². The molecule has 22 heavy (non-hydrogen) atoms. The number of aryl methyl sites for hydroxylation is 2. The van der Waals surface area contributed by atoms with Crippen molar-refractivity contribution in [3.05, 3.63) is 48.5 Å². The zero-order valence-electron chi connectivity index (χ0n) is 12.9. The van der Waals surface area contributed by atoms with Gasteiger partial charge in [0.1, 0.15) is 0 Å². The molecule has 0 aliphatic rings. The molecule has 4 aromatic rings. The Morgan fingerprint density at radius 2 is 1.82 bits per heavy atom. The Balaban J connectivity index is 2.07. The van der Waals surface area contributed by atoms with E-state index in [4.69, 9.17) is 4.98 Å². The summed E-state index contributed by atoms with van der Waals surface area (Å²) in [6, 6.07) is 16.7. The van der Waals surface area contributed by atoms with Crippen LogP contribution in [0.4, 0.5) is 0 Å². The molecule has 0 spiro atoms. The predicted octanol–water partition coefficient (Wildman–Crippen LogP) is 3.51. The van der Waals surface area contributed by atoms with Crippen molar-refractivity contribution in [1.82, 2.24) is 14.5 Å². The molecule has 0 saturated heterocycles. The first-order chi connectivity index (χ1) is 10.8. The van der Waals surface area contributed by atoms with Gasteiger partial charge in [-0.15, -0.1) is 0 Å². The van der Waals surface area contributed by atoms with Crippen LogP contribution in [0.25, 0.3) is 33.7 Å². The fourth-order valence-corrected chi connectivity index (χ4v) is 3.21. The molecular formula is C18H19N4+. The molecule has 0 saturated carbocycles. The lowest BCUT2D eigenvalue weighted by molar-refractivity contribution is -0.656. The Labute approximate surface area is 129 Å². The van der Waals surface area contributed by atoms with Gasteiger partial charge in [-0.05, 0) is 38.1 Å². The standard InChI is InChI=1S/C18H18N4/c1-3-21-15-11-7-5-9-13(15)19-17(21)18-20-14-10-6-8-12-16(14)22(18)4-2/h5-12H,3-4H2,1-2H3/p+1. The smallest absolute Gasteiger partial charge is 0.318 e. The fourth-order valence-electron chi connectivity index (χ4n) is 3.21. The summed E-state index contributed by atoms with van der Waals surface area (Å²) in [7, 11) is 0. The minimum Gasteiger partial charge on any atom is -0.318 e. The van der Waals surface area contributed by atoms with Gasteiger partial charge in [0, 0.05) is 6.54 Å². The molecule has 0 unspecified atom stereocenters. The van der Waals surface area contributed by atoms with Gasteiger partial charge in [-0.3, -0.25) is 0 Å². The van der Waals surface area contributed by atoms with Crippen molar-refractivity contribution in [2.45, 2.75) is 26.9 Å². The fraction of sp³-hybridized carbons (Fsp3) is 0.222. The number of hydrogen-bond donors (Lipinski definition) is 1. The minimum atomic E-state index is 0.898. The Hall–Kier alpha value is -2.62. The van der Waals surface area contributed by atoms with Crippen LogP contribution in [0.1, 0.15) is 13.8 Å². The Morgan fingerprint density at radius 3 is 2.64 bits per heavy atom. The van der Waals surface area contributed by atoms with Gasteiger partial charge in [0.05, 0.1) is 17.6 Å². The zero-order chi connectivity index (χ0) is 15.1. The van der Waals surface area contributed by atoms with E-state index in [0.29, 0.717) is 0 Å². The second-order valence-corrected chi connectivity index (χ2v) is 5.40. The highest BCUT2D eigenvalue weighted by Gasteiger charge is 2.24. The van der Waals surface area contributed by atoms with E-state index in [2.05, 4.69) is 70.4 Å². The maximum atomic E-state index is 4.87. The van der Waals surface area contributed by atoms with E-state index in [1.807, 2.05) is 6.07 Å². The van der Waals surface area contributed by atoms with E-state index in [9.17, 15) is 0 Å². The van der Waals surface area contributed by atoms with Crippen LogP contribution in [-0.4, -0.2) is 14.5 Å². The van der Waals surface area contributed by atoms with Crippen LogP contribution < -0.4 is 4.57 Å². The third-order valence-electron chi connectivity index (χ3n) is 4.22. The van der Waals surface area contributed by atoms with Gasteiger partial charge >= 0.3 is 5.82 Å². The average molecular weight is 291 g/mol. The molecule has 0 aliphatic heterocycles. The van der Waals surface area contributed by atoms with E-state index in [1.165, 1.54) is 11.0 Å². The maximum absolute atomic E-state index is 4.87. The molecule has 2 aromatic heterocycles. The molecule has 0 atom stereocenters. The summed E-state index contributed by atoms with van der Waals surface area (Å²) in [4.78, 5) is 8.42. The molecular weight excluding hydrogens is 272 g/mol. The molecule has 110 valence electrons. The van der Waals surface area contributed by atoms with Crippen molar-refractivity contribution in [1.29, 1.82) is 0 Å². The summed E-state index contributed by atoms with van der Waals surface area (Å²) in [6.45, 7) is 6.14. The highest BCUT2D eigenvalue weighted by molar-refractivity contribution is 5.80. The van der Waals surface area contributed by atoms with E-state index in [0.717, 1.165) is 35.8 Å². The number of para-hydroxylation sites is 4. The van der Waals surface area contributed by atoms with Crippen LogP contribution in [-0.2, 0) is 13.1 Å². The van der Waals surface area contributed by atoms with Crippen LogP contribution >= 0.6 is 0 Å². The first kappa shape index (κ1) is 13.1. The van der Waals surface area contributed by atoms with Crippen LogP contribution in [0.3, 0.4) is 0 Å². The molecule has 0 bridgehead atoms. The molecule has 2 heterocycles. The van der Waals surface area contributed by atoms with E-state index in [1.54, 1.807) is 0 Å². The second kappa shape index (κ2) is 4.98. The number of fused-ring (bicyclic) bond motifs is 2. The first-order valence-electron chi connectivity index (χ1n) is 7.79. The van der Waals surface area contributed by atoms with Crippen LogP contribution in [0.15, 0.2) is 48.5 Å². The number of rotatable bonds is 3. The molecule has 0 fully saturated rings. The summed E-state index contributed by atoms with van der Waals surface area (Å²) in [5.41, 5.74) is 4.59. The number of nitrogens with zero attached hydrogens (tertiary/aromatic N) is 3. The molecule has 0 radical (unpaired) electrons. The van der Waals surface area contributed by atoms with Crippen LogP contribution in [0.5, 0.6) is 0 Å². The van der Waals surface area contributed by atoms with Gasteiger partial charge in [0.25, 0.3) is 0 Å². The molecule has 4 nitrogen and oxygen atoms in total. The highest BCUT2D eigenvalue weighted by atomic mass is 15.2. The molecule has 0 aliphatic carbocycles. The number of hydrogen-bond acceptors (Lipinski definition) is 1. The summed E-state index contributed by atoms with van der Waals surface area (Å²) < 4.78 is 4.56. The zero-order valence-corrected chi connectivity index (χ0v) is 12.9. The molecule has 4 heteroatoms. The van der Waals surface area contributed by atoms with Crippen molar-refractivity contribution in [2.24, 2.45) is 0 Å². The van der Waals surface area contributed by atoms with Crippen molar-refractivity contribution in [3.63, 3.8) is 0 Å². The topological polar surface area (TPSA) is 37.5 Å². The van der Waals surface area contributed by atoms with Gasteiger partial charge < -0.3 is 4.57 Å². The molecule has 4 rings (SSSR count). The number of H-pyrrole nitrogens is 1. The number of benzene rings is 2. The lowest BCUT2D eigenvalue weighted by Crippen LogP contribution is -2.34. The third kappa shape index (κ3) is 1.77. The van der Waals surface area contributed by atoms with Crippen LogP contribution in [0.2, 0.25) is 0 Å². The SMILES string of the molecule is CCn1c(-c2[nH]c3ccccc3[n+]2CC)nc2ccccc21. The Bertz CT molecular complexity index is 882. The third-order valence-corrected chi connectivity index (χ3v) is 4.22. The van der Waals surface area contributed by atoms with Gasteiger partial charge in [0.15, 0.2) is 11.0 Å². The number of aromatic nitrogens is 4. The van der Waals surface area contributed by atoms with Crippen molar-refractivity contribution < 1.29 is 4.57 Å². The van der Waals surface area contributed by atoms with Crippen molar-refractivity contribution in [2.75, 3.05) is 0 Å². The quantitative estimate of drug-likeness (QED) is 0.576. The maximum Gasteiger partial charge on any atom is 0.324 e. The highest BCUT2D eigenvalue weighted by Crippen LogP contribution is 2.23. The molecule has 1 N–H and O–H groups in total. The Morgan fingerprint density at radius 1 is 1.05 bits per heavy atom. The largest absolute Gasteiger partial charge is 0.324 e. The summed E-state index contributed by atoms with van der Waals surface area (Å²) in [5.74, 6) is 2.07. The average Bonchev–Trinajstić information content (AvgIpc) is 3.12. The number of nitrogens with one attached hydrogen (secondary N) is 1. The lowest BCUT2D eigenvalue weighted by atomic mass is 10.3. The predicted molar refractivity (Wildman–Crippen MR) is 88.6 cm³/mol. The van der Waals surface area contributed by atoms with Gasteiger partial charge in [-0.2, -0.15) is 0 Å². The second-order valence-electron chi connectivity index (χ2n) is 5.40. The van der Waals surface area contributed by atoms with Crippen molar-refractivity contribution in [3.8, 4) is 11.6 Å². The van der Waals surface area contributed by atoms with E-state index in [-0.39, 0.29) is 0 Å². The number of imidazole rings is 2. The monoisotopic (exact) mass is 291 g/mol. The minimum absolute atomic E-state index is 0.898. The van der Waals surface area contributed by atoms with Crippen molar-refractivity contribution >= 4 is 22.1 Å². The lowest BCUT2D eigenvalue weighted by Gasteiger charge is -2.03. The molecule has 0 amide bonds. The summed E-state index contributed by atoms with van der Waals surface area (Å²) >= 11 is 0. The van der Waals surface area contributed by atoms with Gasteiger partial charge in [-0.25, -0.2) is 14.5 Å². The normalized spacial score (nSPS) is 11.5. The van der Waals surface area contributed by atoms with Gasteiger partial charge in [-0.1, -0.05) is 24.3 Å². The summed E-state index contributed by atoms with van der Waals surface area (Å²) in [6.07, 6.45) is 0. The van der Waals surface area contributed by atoms with E-state index >= 15 is 0 Å². The first-order valence-corrected chi connectivity index (χ1v) is 7.79. The summed E-state index contributed by atoms with van der Waals surface area (Å²) in [5, 5.41) is 0. The van der Waals surface area contributed by atoms with Gasteiger partial charge in [0.2, 0.25) is 5.82 Å². The Kier molecular flexibility index (Phi) is 2.96. The molecule has 2 aromatic carbocycles. The van der Waals surface area contributed by atoms with E-state index < -0.39 is 0 Å².